The molecule has 156 valence electrons. The first-order chi connectivity index (χ1) is 13.9. The van der Waals surface area contributed by atoms with Crippen molar-refractivity contribution in [3.8, 4) is 5.75 Å². The summed E-state index contributed by atoms with van der Waals surface area (Å²) in [6.07, 6.45) is 4.38. The molecule has 0 atom stereocenters. The van der Waals surface area contributed by atoms with Crippen LogP contribution in [0.15, 0.2) is 52.3 Å². The highest BCUT2D eigenvalue weighted by Crippen LogP contribution is 2.27. The molecule has 0 aliphatic carbocycles. The first kappa shape index (κ1) is 21.7. The van der Waals surface area contributed by atoms with Gasteiger partial charge in [-0.25, -0.2) is 8.42 Å². The molecule has 1 fully saturated rings. The summed E-state index contributed by atoms with van der Waals surface area (Å²) in [4.78, 5) is 13.7. The Labute approximate surface area is 176 Å². The molecule has 1 aliphatic heterocycles. The lowest BCUT2D eigenvalue weighted by Gasteiger charge is -2.17. The van der Waals surface area contributed by atoms with E-state index in [0.29, 0.717) is 30.8 Å². The van der Waals surface area contributed by atoms with Gasteiger partial charge in [0.1, 0.15) is 5.75 Å². The number of nitrogens with one attached hydrogen (secondary N) is 1. The number of benzene rings is 2. The van der Waals surface area contributed by atoms with Crippen molar-refractivity contribution in [1.82, 2.24) is 4.31 Å². The maximum atomic E-state index is 12.8. The molecular formula is C21H26N2O4S2. The minimum Gasteiger partial charge on any atom is -0.496 e. The molecule has 1 amide bonds. The van der Waals surface area contributed by atoms with E-state index >= 15 is 0 Å². The van der Waals surface area contributed by atoms with Crippen molar-refractivity contribution >= 4 is 33.4 Å². The average Bonchev–Trinajstić information content (AvgIpc) is 3.28. The Morgan fingerprint density at radius 3 is 2.62 bits per heavy atom. The Bertz CT molecular complexity index is 970. The van der Waals surface area contributed by atoms with Crippen molar-refractivity contribution in [3.63, 3.8) is 0 Å². The Kier molecular flexibility index (Phi) is 7.21. The number of rotatable bonds is 8. The summed E-state index contributed by atoms with van der Waals surface area (Å²) in [6.45, 7) is 1.11. The molecule has 1 saturated heterocycles. The lowest BCUT2D eigenvalue weighted by Crippen LogP contribution is -2.28. The van der Waals surface area contributed by atoms with Gasteiger partial charge in [-0.1, -0.05) is 6.07 Å². The van der Waals surface area contributed by atoms with Crippen LogP contribution in [0.25, 0.3) is 0 Å². The molecule has 1 N–H and O–H groups in total. The number of anilines is 1. The number of methoxy groups -OCH3 is 1. The van der Waals surface area contributed by atoms with E-state index in [1.54, 1.807) is 37.1 Å². The van der Waals surface area contributed by atoms with Crippen LogP contribution in [0.1, 0.15) is 24.8 Å². The summed E-state index contributed by atoms with van der Waals surface area (Å²) in [6, 6.07) is 12.5. The van der Waals surface area contributed by atoms with Gasteiger partial charge in [0.25, 0.3) is 0 Å². The fourth-order valence-corrected chi connectivity index (χ4v) is 5.39. The van der Waals surface area contributed by atoms with Crippen LogP contribution in [-0.2, 0) is 21.2 Å². The second-order valence-corrected chi connectivity index (χ2v) is 9.68. The van der Waals surface area contributed by atoms with Gasteiger partial charge in [-0.2, -0.15) is 4.31 Å². The standard InChI is InChI=1S/C21H26N2O4S2/c1-27-20-10-9-19(29(25,26)23-12-3-4-13-23)14-16(20)8-11-21(24)22-17-6-5-7-18(15-17)28-2/h5-7,9-10,14-15H,3-4,8,11-13H2,1-2H3,(H,22,24). The second-order valence-electron chi connectivity index (χ2n) is 6.86. The lowest BCUT2D eigenvalue weighted by atomic mass is 10.1. The molecule has 0 unspecified atom stereocenters. The minimum absolute atomic E-state index is 0.127. The Hall–Kier alpha value is -2.03. The van der Waals surface area contributed by atoms with Gasteiger partial charge in [-0.15, -0.1) is 11.8 Å². The number of carbonyl (C=O) groups is 1. The zero-order valence-electron chi connectivity index (χ0n) is 16.7. The van der Waals surface area contributed by atoms with Gasteiger partial charge in [0, 0.05) is 30.1 Å². The molecule has 0 bridgehead atoms. The fraction of sp³-hybridized carbons (Fsp3) is 0.381. The van der Waals surface area contributed by atoms with Crippen molar-refractivity contribution in [2.24, 2.45) is 0 Å². The van der Waals surface area contributed by atoms with E-state index in [0.717, 1.165) is 23.4 Å². The number of thioether (sulfide) groups is 1. The minimum atomic E-state index is -3.51. The highest BCUT2D eigenvalue weighted by Gasteiger charge is 2.27. The van der Waals surface area contributed by atoms with Gasteiger partial charge in [0.15, 0.2) is 0 Å². The van der Waals surface area contributed by atoms with E-state index in [2.05, 4.69) is 5.32 Å². The maximum absolute atomic E-state index is 12.8. The number of sulfonamides is 1. The van der Waals surface area contributed by atoms with Gasteiger partial charge >= 0.3 is 0 Å². The van der Waals surface area contributed by atoms with Gasteiger partial charge in [0.2, 0.25) is 15.9 Å². The van der Waals surface area contributed by atoms with E-state index in [9.17, 15) is 13.2 Å². The normalized spacial score (nSPS) is 14.7. The predicted octanol–water partition coefficient (Wildman–Crippen LogP) is 3.77. The highest BCUT2D eigenvalue weighted by molar-refractivity contribution is 7.98. The van der Waals surface area contributed by atoms with Crippen molar-refractivity contribution in [2.75, 3.05) is 31.8 Å². The van der Waals surface area contributed by atoms with Gasteiger partial charge < -0.3 is 10.1 Å². The first-order valence-corrected chi connectivity index (χ1v) is 12.2. The number of nitrogens with zero attached hydrogens (tertiary/aromatic N) is 1. The number of amides is 1. The molecule has 8 heteroatoms. The third kappa shape index (κ3) is 5.32. The number of aryl methyl sites for hydroxylation is 1. The summed E-state index contributed by atoms with van der Waals surface area (Å²) in [5.41, 5.74) is 1.46. The molecule has 1 aliphatic rings. The Morgan fingerprint density at radius 2 is 1.93 bits per heavy atom. The molecule has 1 heterocycles. The van der Waals surface area contributed by atoms with Crippen molar-refractivity contribution < 1.29 is 17.9 Å². The lowest BCUT2D eigenvalue weighted by molar-refractivity contribution is -0.116. The smallest absolute Gasteiger partial charge is 0.243 e. The summed E-state index contributed by atoms with van der Waals surface area (Å²) in [5.74, 6) is 0.459. The summed E-state index contributed by atoms with van der Waals surface area (Å²) >= 11 is 1.61. The van der Waals surface area contributed by atoms with Crippen molar-refractivity contribution in [3.05, 3.63) is 48.0 Å². The summed E-state index contributed by atoms with van der Waals surface area (Å²) in [5, 5.41) is 2.89. The predicted molar refractivity (Wildman–Crippen MR) is 116 cm³/mol. The third-order valence-corrected chi connectivity index (χ3v) is 7.55. The van der Waals surface area contributed by atoms with Gasteiger partial charge in [0.05, 0.1) is 12.0 Å². The maximum Gasteiger partial charge on any atom is 0.243 e. The number of carbonyl (C=O) groups excluding carboxylic acids is 1. The van der Waals surface area contributed by atoms with Crippen LogP contribution >= 0.6 is 11.8 Å². The molecule has 0 aromatic heterocycles. The monoisotopic (exact) mass is 434 g/mol. The molecule has 6 nitrogen and oxygen atoms in total. The number of hydrogen-bond donors (Lipinski definition) is 1. The molecule has 2 aromatic carbocycles. The third-order valence-electron chi connectivity index (χ3n) is 4.93. The first-order valence-electron chi connectivity index (χ1n) is 9.55. The zero-order chi connectivity index (χ0) is 20.9. The quantitative estimate of drug-likeness (QED) is 0.640. The molecule has 0 spiro atoms. The molecule has 2 aromatic rings. The SMILES string of the molecule is COc1ccc(S(=O)(=O)N2CCCC2)cc1CCC(=O)Nc1cccc(SC)c1. The van der Waals surface area contributed by atoms with E-state index in [-0.39, 0.29) is 17.2 Å². The van der Waals surface area contributed by atoms with E-state index in [1.807, 2.05) is 30.5 Å². The fourth-order valence-electron chi connectivity index (χ4n) is 3.36. The topological polar surface area (TPSA) is 75.7 Å². The highest BCUT2D eigenvalue weighted by atomic mass is 32.2. The van der Waals surface area contributed by atoms with Gasteiger partial charge in [-0.05, 0) is 67.5 Å². The second kappa shape index (κ2) is 9.65. The summed E-state index contributed by atoms with van der Waals surface area (Å²) in [7, 11) is -1.96. The van der Waals surface area contributed by atoms with Crippen LogP contribution in [-0.4, -0.2) is 45.1 Å². The molecule has 29 heavy (non-hydrogen) atoms. The van der Waals surface area contributed by atoms with Crippen LogP contribution < -0.4 is 10.1 Å². The van der Waals surface area contributed by atoms with E-state index in [1.165, 1.54) is 4.31 Å². The zero-order valence-corrected chi connectivity index (χ0v) is 18.3. The molecule has 3 rings (SSSR count). The number of ether oxygens (including phenoxy) is 1. The average molecular weight is 435 g/mol. The molecule has 0 radical (unpaired) electrons. The van der Waals surface area contributed by atoms with Crippen LogP contribution in [0.5, 0.6) is 5.75 Å². The van der Waals surface area contributed by atoms with E-state index in [4.69, 9.17) is 4.74 Å². The molecule has 0 saturated carbocycles. The Balaban J connectivity index is 1.71. The van der Waals surface area contributed by atoms with Crippen LogP contribution in [0.4, 0.5) is 5.69 Å². The molecular weight excluding hydrogens is 408 g/mol. The van der Waals surface area contributed by atoms with Crippen LogP contribution in [0.2, 0.25) is 0 Å². The van der Waals surface area contributed by atoms with Crippen LogP contribution in [0.3, 0.4) is 0 Å². The summed E-state index contributed by atoms with van der Waals surface area (Å²) < 4.78 is 32.6. The van der Waals surface area contributed by atoms with Crippen molar-refractivity contribution in [2.45, 2.75) is 35.5 Å². The van der Waals surface area contributed by atoms with Crippen molar-refractivity contribution in [1.29, 1.82) is 0 Å². The van der Waals surface area contributed by atoms with E-state index < -0.39 is 10.0 Å². The van der Waals surface area contributed by atoms with Crippen LogP contribution in [0, 0.1) is 0 Å². The largest absolute Gasteiger partial charge is 0.496 e. The number of hydrogen-bond acceptors (Lipinski definition) is 5. The van der Waals surface area contributed by atoms with Gasteiger partial charge in [-0.3, -0.25) is 4.79 Å². The Morgan fingerprint density at radius 1 is 1.17 bits per heavy atom.